The number of amides is 1. The fourth-order valence-corrected chi connectivity index (χ4v) is 2.93. The lowest BCUT2D eigenvalue weighted by Crippen LogP contribution is -2.43. The molecule has 1 heterocycles. The average molecular weight is 289 g/mol. The molecule has 0 aromatic heterocycles. The molecule has 2 atom stereocenters. The summed E-state index contributed by atoms with van der Waals surface area (Å²) in [5.41, 5.74) is 2.14. The molecule has 4 heteroatoms. The Morgan fingerprint density at radius 3 is 2.48 bits per heavy atom. The molecule has 2 rings (SSSR count). The molecular weight excluding hydrogens is 266 g/mol. The number of aryl methyl sites for hydroxylation is 1. The monoisotopic (exact) mass is 289 g/mol. The van der Waals surface area contributed by atoms with E-state index in [1.165, 1.54) is 0 Å². The minimum atomic E-state index is -0.901. The Labute approximate surface area is 125 Å². The summed E-state index contributed by atoms with van der Waals surface area (Å²) < 4.78 is 0. The van der Waals surface area contributed by atoms with Crippen LogP contribution in [0.4, 0.5) is 0 Å². The third-order valence-electron chi connectivity index (χ3n) is 4.08. The van der Waals surface area contributed by atoms with Gasteiger partial charge in [-0.2, -0.15) is 0 Å². The molecule has 1 aliphatic heterocycles. The smallest absolute Gasteiger partial charge is 0.326 e. The highest BCUT2D eigenvalue weighted by atomic mass is 16.4. The van der Waals surface area contributed by atoms with Crippen LogP contribution in [0.5, 0.6) is 0 Å². The molecule has 114 valence electrons. The van der Waals surface area contributed by atoms with Crippen LogP contribution in [-0.2, 0) is 9.59 Å². The predicted molar refractivity (Wildman–Crippen MR) is 81.1 cm³/mol. The summed E-state index contributed by atoms with van der Waals surface area (Å²) in [7, 11) is 0. The van der Waals surface area contributed by atoms with Crippen LogP contribution < -0.4 is 0 Å². The van der Waals surface area contributed by atoms with Crippen LogP contribution in [0.2, 0.25) is 0 Å². The number of rotatable bonds is 5. The van der Waals surface area contributed by atoms with Gasteiger partial charge in [0.15, 0.2) is 0 Å². The van der Waals surface area contributed by atoms with E-state index in [1.54, 1.807) is 4.90 Å². The zero-order chi connectivity index (χ0) is 15.6. The van der Waals surface area contributed by atoms with Crippen LogP contribution in [0, 0.1) is 12.8 Å². The maximum absolute atomic E-state index is 12.6. The molecule has 4 nitrogen and oxygen atoms in total. The van der Waals surface area contributed by atoms with Gasteiger partial charge in [0.2, 0.25) is 5.91 Å². The second-order valence-corrected chi connectivity index (χ2v) is 6.27. The summed E-state index contributed by atoms with van der Waals surface area (Å²) in [6.45, 7) is 6.50. The Balaban J connectivity index is 2.16. The van der Waals surface area contributed by atoms with Gasteiger partial charge in [-0.25, -0.2) is 4.79 Å². The highest BCUT2D eigenvalue weighted by molar-refractivity contribution is 5.90. The average Bonchev–Trinajstić information content (AvgIpc) is 2.78. The first-order chi connectivity index (χ1) is 9.90. The van der Waals surface area contributed by atoms with Crippen molar-refractivity contribution in [1.82, 2.24) is 4.90 Å². The van der Waals surface area contributed by atoms with Crippen LogP contribution in [0.25, 0.3) is 0 Å². The summed E-state index contributed by atoms with van der Waals surface area (Å²) in [6.07, 6.45) is 1.20. The number of carbonyl (C=O) groups is 2. The fraction of sp³-hybridized carbons (Fsp3) is 0.529. The number of benzene rings is 1. The third-order valence-corrected chi connectivity index (χ3v) is 4.08. The molecule has 0 aliphatic carbocycles. The van der Waals surface area contributed by atoms with Crippen LogP contribution in [0.3, 0.4) is 0 Å². The van der Waals surface area contributed by atoms with E-state index in [0.29, 0.717) is 19.4 Å². The lowest BCUT2D eigenvalue weighted by Gasteiger charge is -2.26. The normalized spacial score (nSPS) is 20.1. The van der Waals surface area contributed by atoms with Crippen molar-refractivity contribution >= 4 is 11.9 Å². The molecule has 1 amide bonds. The van der Waals surface area contributed by atoms with E-state index >= 15 is 0 Å². The van der Waals surface area contributed by atoms with Crippen molar-refractivity contribution in [2.24, 2.45) is 5.92 Å². The number of carbonyl (C=O) groups excluding carboxylic acids is 1. The SMILES string of the molecule is Cc1ccc(C2CCN(C(CC(C)C)C(=O)O)C2=O)cc1. The van der Waals surface area contributed by atoms with E-state index in [4.69, 9.17) is 0 Å². The van der Waals surface area contributed by atoms with Gasteiger partial charge in [0, 0.05) is 6.54 Å². The second-order valence-electron chi connectivity index (χ2n) is 6.27. The maximum Gasteiger partial charge on any atom is 0.326 e. The number of likely N-dealkylation sites (tertiary alicyclic amines) is 1. The van der Waals surface area contributed by atoms with Gasteiger partial charge in [-0.15, -0.1) is 0 Å². The first kappa shape index (κ1) is 15.5. The maximum atomic E-state index is 12.6. The molecule has 1 aromatic rings. The number of carboxylic acid groups (broad SMARTS) is 1. The largest absolute Gasteiger partial charge is 0.480 e. The van der Waals surface area contributed by atoms with E-state index in [-0.39, 0.29) is 17.7 Å². The Hall–Kier alpha value is -1.84. The first-order valence-electron chi connectivity index (χ1n) is 7.50. The number of hydrogen-bond acceptors (Lipinski definition) is 2. The molecule has 1 fully saturated rings. The van der Waals surface area contributed by atoms with E-state index < -0.39 is 12.0 Å². The van der Waals surface area contributed by atoms with E-state index in [1.807, 2.05) is 45.0 Å². The van der Waals surface area contributed by atoms with Crippen LogP contribution in [-0.4, -0.2) is 34.5 Å². The van der Waals surface area contributed by atoms with Crippen molar-refractivity contribution in [2.75, 3.05) is 6.54 Å². The zero-order valence-electron chi connectivity index (χ0n) is 12.9. The van der Waals surface area contributed by atoms with Gasteiger partial charge >= 0.3 is 5.97 Å². The Morgan fingerprint density at radius 2 is 1.95 bits per heavy atom. The highest BCUT2D eigenvalue weighted by Gasteiger charge is 2.39. The van der Waals surface area contributed by atoms with Gasteiger partial charge in [0.05, 0.1) is 5.92 Å². The minimum Gasteiger partial charge on any atom is -0.480 e. The second kappa shape index (κ2) is 6.29. The van der Waals surface area contributed by atoms with Crippen LogP contribution >= 0.6 is 0 Å². The Kier molecular flexibility index (Phi) is 4.66. The topological polar surface area (TPSA) is 57.6 Å². The molecule has 21 heavy (non-hydrogen) atoms. The fourth-order valence-electron chi connectivity index (χ4n) is 2.93. The molecule has 0 bridgehead atoms. The molecular formula is C17H23NO3. The Bertz CT molecular complexity index is 521. The van der Waals surface area contributed by atoms with Gasteiger partial charge in [-0.1, -0.05) is 43.7 Å². The number of nitrogens with zero attached hydrogens (tertiary/aromatic N) is 1. The third kappa shape index (κ3) is 3.43. The molecule has 1 aliphatic rings. The predicted octanol–water partition coefficient (Wildman–Crippen LogP) is 2.81. The number of carboxylic acids is 1. The van der Waals surface area contributed by atoms with Crippen LogP contribution in [0.1, 0.15) is 43.7 Å². The molecule has 1 aromatic carbocycles. The molecule has 0 saturated carbocycles. The van der Waals surface area contributed by atoms with Crippen molar-refractivity contribution in [3.05, 3.63) is 35.4 Å². The van der Waals surface area contributed by atoms with Crippen molar-refractivity contribution in [3.63, 3.8) is 0 Å². The van der Waals surface area contributed by atoms with E-state index in [0.717, 1.165) is 11.1 Å². The van der Waals surface area contributed by atoms with Crippen molar-refractivity contribution < 1.29 is 14.7 Å². The molecule has 2 unspecified atom stereocenters. The summed E-state index contributed by atoms with van der Waals surface area (Å²) in [6, 6.07) is 7.23. The Morgan fingerprint density at radius 1 is 1.33 bits per heavy atom. The van der Waals surface area contributed by atoms with Gasteiger partial charge in [-0.3, -0.25) is 4.79 Å². The summed E-state index contributed by atoms with van der Waals surface area (Å²) in [4.78, 5) is 25.6. The molecule has 0 radical (unpaired) electrons. The molecule has 1 N–H and O–H groups in total. The number of hydrogen-bond donors (Lipinski definition) is 1. The van der Waals surface area contributed by atoms with Crippen molar-refractivity contribution in [2.45, 2.75) is 45.6 Å². The lowest BCUT2D eigenvalue weighted by molar-refractivity contribution is -0.149. The molecule has 0 spiro atoms. The van der Waals surface area contributed by atoms with Gasteiger partial charge in [0.25, 0.3) is 0 Å². The van der Waals surface area contributed by atoms with E-state index in [9.17, 15) is 14.7 Å². The summed E-state index contributed by atoms with van der Waals surface area (Å²) in [5, 5.41) is 9.40. The van der Waals surface area contributed by atoms with Crippen molar-refractivity contribution in [3.8, 4) is 0 Å². The quantitative estimate of drug-likeness (QED) is 0.906. The summed E-state index contributed by atoms with van der Waals surface area (Å²) in [5.74, 6) is -0.898. The van der Waals surface area contributed by atoms with Gasteiger partial charge in [0.1, 0.15) is 6.04 Å². The first-order valence-corrected chi connectivity index (χ1v) is 7.50. The van der Waals surface area contributed by atoms with Crippen LogP contribution in [0.15, 0.2) is 24.3 Å². The standard InChI is InChI=1S/C17H23NO3/c1-11(2)10-15(17(20)21)18-9-8-14(16(18)19)13-6-4-12(3)5-7-13/h4-7,11,14-15H,8-10H2,1-3H3,(H,20,21). The number of aliphatic carboxylic acids is 1. The lowest BCUT2D eigenvalue weighted by atomic mass is 9.96. The zero-order valence-corrected chi connectivity index (χ0v) is 12.9. The molecule has 1 saturated heterocycles. The summed E-state index contributed by atoms with van der Waals surface area (Å²) >= 11 is 0. The van der Waals surface area contributed by atoms with Crippen molar-refractivity contribution in [1.29, 1.82) is 0 Å². The van der Waals surface area contributed by atoms with Gasteiger partial charge in [-0.05, 0) is 31.2 Å². The van der Waals surface area contributed by atoms with E-state index in [2.05, 4.69) is 0 Å². The highest BCUT2D eigenvalue weighted by Crippen LogP contribution is 2.31. The van der Waals surface area contributed by atoms with Gasteiger partial charge < -0.3 is 10.0 Å². The minimum absolute atomic E-state index is 0.0492.